The van der Waals surface area contributed by atoms with E-state index in [1.54, 1.807) is 0 Å². The zero-order valence-electron chi connectivity index (χ0n) is 15.9. The average Bonchev–Trinajstić information content (AvgIpc) is 3.07. The van der Waals surface area contributed by atoms with Gasteiger partial charge < -0.3 is 20.9 Å². The van der Waals surface area contributed by atoms with Crippen molar-refractivity contribution in [2.24, 2.45) is 5.73 Å². The third kappa shape index (κ3) is 8.26. The summed E-state index contributed by atoms with van der Waals surface area (Å²) in [6, 6.07) is 5.90. The van der Waals surface area contributed by atoms with Gasteiger partial charge >= 0.3 is 12.1 Å². The number of hydrogen-bond acceptors (Lipinski definition) is 4. The van der Waals surface area contributed by atoms with E-state index in [0.717, 1.165) is 17.5 Å². The molecule has 0 fully saturated rings. The van der Waals surface area contributed by atoms with Crippen LogP contribution in [0.2, 0.25) is 0 Å². The molecule has 0 saturated carbocycles. The Balaban J connectivity index is 0.000000480. The van der Waals surface area contributed by atoms with Gasteiger partial charge in [-0.1, -0.05) is 45.1 Å². The Labute approximate surface area is 162 Å². The molecule has 0 bridgehead atoms. The van der Waals surface area contributed by atoms with E-state index in [0.29, 0.717) is 5.82 Å². The maximum Gasteiger partial charge on any atom is 0.490 e. The first kappa shape index (κ1) is 23.9. The number of aliphatic hydroxyl groups is 1. The van der Waals surface area contributed by atoms with E-state index in [4.69, 9.17) is 20.7 Å². The summed E-state index contributed by atoms with van der Waals surface area (Å²) in [6.07, 6.45) is 3.94. The molecule has 1 atom stereocenters. The van der Waals surface area contributed by atoms with Crippen LogP contribution < -0.4 is 5.73 Å². The molecule has 0 aliphatic rings. The normalized spacial score (nSPS) is 12.5. The van der Waals surface area contributed by atoms with Crippen LogP contribution in [0.4, 0.5) is 13.2 Å². The average molecular weight is 403 g/mol. The van der Waals surface area contributed by atoms with Crippen molar-refractivity contribution in [2.45, 2.75) is 64.1 Å². The molecule has 9 heteroatoms. The number of alkyl halides is 3. The van der Waals surface area contributed by atoms with Gasteiger partial charge in [0.05, 0.1) is 23.7 Å². The number of unbranched alkanes of at least 4 members (excludes halogenated alkanes) is 5. The Morgan fingerprint density at radius 3 is 2.39 bits per heavy atom. The number of benzene rings is 1. The molecule has 0 aliphatic heterocycles. The summed E-state index contributed by atoms with van der Waals surface area (Å²) in [5, 5.41) is 16.2. The van der Waals surface area contributed by atoms with Crippen molar-refractivity contribution in [1.82, 2.24) is 9.97 Å². The number of halogens is 3. The third-order valence-corrected chi connectivity index (χ3v) is 4.17. The van der Waals surface area contributed by atoms with E-state index < -0.39 is 18.2 Å². The predicted octanol–water partition coefficient (Wildman–Crippen LogP) is 4.09. The number of carbonyl (C=O) groups is 1. The summed E-state index contributed by atoms with van der Waals surface area (Å²) < 4.78 is 31.7. The number of aromatic amines is 1. The fourth-order valence-electron chi connectivity index (χ4n) is 2.60. The molecule has 0 aliphatic carbocycles. The molecule has 0 amide bonds. The molecule has 28 heavy (non-hydrogen) atoms. The highest BCUT2D eigenvalue weighted by Crippen LogP contribution is 2.18. The number of aliphatic carboxylic acids is 1. The number of aryl methyl sites for hydroxylation is 1. The number of fused-ring (bicyclic) bond motifs is 1. The monoisotopic (exact) mass is 403 g/mol. The number of nitrogens with one attached hydrogen (secondary N) is 1. The fourth-order valence-corrected chi connectivity index (χ4v) is 2.60. The Bertz CT molecular complexity index is 732. The van der Waals surface area contributed by atoms with Crippen molar-refractivity contribution in [3.63, 3.8) is 0 Å². The van der Waals surface area contributed by atoms with Crippen LogP contribution in [0.3, 0.4) is 0 Å². The zero-order chi connectivity index (χ0) is 21.2. The molecule has 2 rings (SSSR count). The Hall–Kier alpha value is -2.13. The summed E-state index contributed by atoms with van der Waals surface area (Å²) >= 11 is 0. The molecule has 6 nitrogen and oxygen atoms in total. The molecule has 5 N–H and O–H groups in total. The zero-order valence-corrected chi connectivity index (χ0v) is 15.9. The minimum absolute atomic E-state index is 0.0928. The van der Waals surface area contributed by atoms with Gasteiger partial charge in [-0.3, -0.25) is 0 Å². The lowest BCUT2D eigenvalue weighted by molar-refractivity contribution is -0.192. The number of carboxylic acid groups (broad SMARTS) is 1. The lowest BCUT2D eigenvalue weighted by Gasteiger charge is -2.02. The molecule has 158 valence electrons. The van der Waals surface area contributed by atoms with Gasteiger partial charge in [-0.15, -0.1) is 0 Å². The van der Waals surface area contributed by atoms with Gasteiger partial charge in [0.15, 0.2) is 0 Å². The molecule has 0 radical (unpaired) electrons. The van der Waals surface area contributed by atoms with Gasteiger partial charge in [0.2, 0.25) is 0 Å². The van der Waals surface area contributed by atoms with Gasteiger partial charge in [0.25, 0.3) is 0 Å². The molecule has 1 aromatic carbocycles. The highest BCUT2D eigenvalue weighted by Gasteiger charge is 2.38. The SMILES string of the molecule is CCCCCCCCc1ccc2nc([C@H](N)CO)[nH]c2c1.O=C(O)C(F)(F)F. The standard InChI is InChI=1S/C17H27N3O.C2HF3O2/c1-2-3-4-5-6-7-8-13-9-10-15-16(11-13)20-17(19-15)14(18)12-21;3-2(4,5)1(6)7/h9-11,14,21H,2-8,12,18H2,1H3,(H,19,20);(H,6,7)/t14-;/m1./s1. The molecule has 2 aromatic rings. The van der Waals surface area contributed by atoms with E-state index in [1.807, 2.05) is 6.07 Å². The van der Waals surface area contributed by atoms with Crippen LogP contribution in [0.25, 0.3) is 11.0 Å². The molecule has 0 unspecified atom stereocenters. The first-order valence-electron chi connectivity index (χ1n) is 9.34. The van der Waals surface area contributed by atoms with Crippen molar-refractivity contribution in [2.75, 3.05) is 6.61 Å². The lowest BCUT2D eigenvalue weighted by Crippen LogP contribution is -2.21. The van der Waals surface area contributed by atoms with Gasteiger partial charge in [0.1, 0.15) is 5.82 Å². The molecule has 0 saturated heterocycles. The van der Waals surface area contributed by atoms with Crippen LogP contribution in [0.5, 0.6) is 0 Å². The molecule has 0 spiro atoms. The molecular formula is C19H28F3N3O3. The van der Waals surface area contributed by atoms with Gasteiger partial charge in [0, 0.05) is 0 Å². The second-order valence-electron chi connectivity index (χ2n) is 6.58. The van der Waals surface area contributed by atoms with E-state index >= 15 is 0 Å². The smallest absolute Gasteiger partial charge is 0.475 e. The number of nitrogens with zero attached hydrogens (tertiary/aromatic N) is 1. The largest absolute Gasteiger partial charge is 0.490 e. The van der Waals surface area contributed by atoms with Crippen molar-refractivity contribution in [1.29, 1.82) is 0 Å². The van der Waals surface area contributed by atoms with E-state index in [9.17, 15) is 13.2 Å². The van der Waals surface area contributed by atoms with Gasteiger partial charge in [-0.25, -0.2) is 9.78 Å². The van der Waals surface area contributed by atoms with Gasteiger partial charge in [-0.05, 0) is 30.5 Å². The first-order chi connectivity index (χ1) is 13.2. The van der Waals surface area contributed by atoms with Crippen LogP contribution >= 0.6 is 0 Å². The number of rotatable bonds is 9. The van der Waals surface area contributed by atoms with E-state index in [2.05, 4.69) is 29.0 Å². The molecule has 1 heterocycles. The number of aromatic nitrogens is 2. The summed E-state index contributed by atoms with van der Waals surface area (Å²) in [7, 11) is 0. The number of aliphatic hydroxyl groups excluding tert-OH is 1. The summed E-state index contributed by atoms with van der Waals surface area (Å²) in [4.78, 5) is 16.5. The van der Waals surface area contributed by atoms with Crippen molar-refractivity contribution in [3.05, 3.63) is 29.6 Å². The summed E-state index contributed by atoms with van der Waals surface area (Å²) in [5.41, 5.74) is 9.06. The van der Waals surface area contributed by atoms with Crippen molar-refractivity contribution >= 4 is 17.0 Å². The van der Waals surface area contributed by atoms with Crippen LogP contribution in [0.1, 0.15) is 62.9 Å². The van der Waals surface area contributed by atoms with Crippen LogP contribution in [-0.2, 0) is 11.2 Å². The second-order valence-corrected chi connectivity index (χ2v) is 6.58. The van der Waals surface area contributed by atoms with E-state index in [-0.39, 0.29) is 6.61 Å². The fraction of sp³-hybridized carbons (Fsp3) is 0.579. The maximum absolute atomic E-state index is 10.6. The number of H-pyrrole nitrogens is 1. The number of imidazole rings is 1. The quantitative estimate of drug-likeness (QED) is 0.471. The van der Waals surface area contributed by atoms with E-state index in [1.165, 1.54) is 44.1 Å². The van der Waals surface area contributed by atoms with Crippen LogP contribution in [0.15, 0.2) is 18.2 Å². The van der Waals surface area contributed by atoms with Gasteiger partial charge in [-0.2, -0.15) is 13.2 Å². The van der Waals surface area contributed by atoms with Crippen LogP contribution in [-0.4, -0.2) is 38.9 Å². The van der Waals surface area contributed by atoms with Crippen molar-refractivity contribution < 1.29 is 28.2 Å². The maximum atomic E-state index is 10.6. The highest BCUT2D eigenvalue weighted by atomic mass is 19.4. The third-order valence-electron chi connectivity index (χ3n) is 4.17. The molecule has 1 aromatic heterocycles. The summed E-state index contributed by atoms with van der Waals surface area (Å²) in [6.45, 7) is 2.15. The topological polar surface area (TPSA) is 112 Å². The minimum atomic E-state index is -5.08. The predicted molar refractivity (Wildman–Crippen MR) is 101 cm³/mol. The second kappa shape index (κ2) is 11.7. The first-order valence-corrected chi connectivity index (χ1v) is 9.34. The summed E-state index contributed by atoms with van der Waals surface area (Å²) in [5.74, 6) is -2.10. The van der Waals surface area contributed by atoms with Crippen LogP contribution in [0, 0.1) is 0 Å². The number of hydrogen-bond donors (Lipinski definition) is 4. The van der Waals surface area contributed by atoms with Crippen molar-refractivity contribution in [3.8, 4) is 0 Å². The molecular weight excluding hydrogens is 375 g/mol. The highest BCUT2D eigenvalue weighted by molar-refractivity contribution is 5.76. The number of nitrogens with two attached hydrogens (primary N) is 1. The lowest BCUT2D eigenvalue weighted by atomic mass is 10.0. The minimum Gasteiger partial charge on any atom is -0.475 e. The Kier molecular flexibility index (Phi) is 9.95. The Morgan fingerprint density at radius 2 is 1.82 bits per heavy atom. The number of carboxylic acids is 1. The Morgan fingerprint density at radius 1 is 1.21 bits per heavy atom.